The van der Waals surface area contributed by atoms with Crippen LogP contribution in [-0.2, 0) is 6.54 Å². The van der Waals surface area contributed by atoms with Gasteiger partial charge in [-0.1, -0.05) is 19.8 Å². The zero-order valence-corrected chi connectivity index (χ0v) is 12.1. The molecule has 0 spiro atoms. The molecule has 3 nitrogen and oxygen atoms in total. The van der Waals surface area contributed by atoms with Crippen molar-refractivity contribution in [1.82, 2.24) is 5.32 Å². The Bertz CT molecular complexity index is 430. The van der Waals surface area contributed by atoms with E-state index < -0.39 is 5.60 Å². The zero-order valence-electron chi connectivity index (χ0n) is 12.1. The Kier molecular flexibility index (Phi) is 5.38. The van der Waals surface area contributed by atoms with E-state index in [-0.39, 0.29) is 5.82 Å². The minimum Gasteiger partial charge on any atom is -0.490 e. The van der Waals surface area contributed by atoms with Crippen molar-refractivity contribution in [3.05, 3.63) is 29.6 Å². The first kappa shape index (κ1) is 15.3. The highest BCUT2D eigenvalue weighted by Gasteiger charge is 2.32. The Balaban J connectivity index is 1.98. The molecule has 2 rings (SSSR count). The van der Waals surface area contributed by atoms with Gasteiger partial charge in [-0.25, -0.2) is 4.39 Å². The van der Waals surface area contributed by atoms with Gasteiger partial charge in [-0.3, -0.25) is 0 Å². The molecule has 1 aliphatic carbocycles. The first-order valence-corrected chi connectivity index (χ1v) is 7.47. The highest BCUT2D eigenvalue weighted by molar-refractivity contribution is 5.34. The van der Waals surface area contributed by atoms with Gasteiger partial charge in [-0.05, 0) is 44.0 Å². The molecule has 20 heavy (non-hydrogen) atoms. The molecule has 1 aromatic rings. The fourth-order valence-corrected chi connectivity index (χ4v) is 2.62. The fourth-order valence-electron chi connectivity index (χ4n) is 2.62. The lowest BCUT2D eigenvalue weighted by Gasteiger charge is -2.23. The van der Waals surface area contributed by atoms with Crippen LogP contribution in [-0.4, -0.2) is 23.9 Å². The molecule has 1 aliphatic rings. The van der Waals surface area contributed by atoms with E-state index in [1.807, 2.05) is 0 Å². The van der Waals surface area contributed by atoms with Crippen molar-refractivity contribution in [2.24, 2.45) is 0 Å². The Hall–Kier alpha value is -1.13. The van der Waals surface area contributed by atoms with Gasteiger partial charge in [0.15, 0.2) is 0 Å². The molecule has 1 saturated carbocycles. The van der Waals surface area contributed by atoms with Gasteiger partial charge in [0.2, 0.25) is 0 Å². The van der Waals surface area contributed by atoms with Crippen molar-refractivity contribution in [1.29, 1.82) is 0 Å². The van der Waals surface area contributed by atoms with Crippen molar-refractivity contribution in [3.63, 3.8) is 0 Å². The number of benzene rings is 1. The van der Waals surface area contributed by atoms with Crippen LogP contribution in [0.2, 0.25) is 0 Å². The molecule has 112 valence electrons. The van der Waals surface area contributed by atoms with E-state index in [9.17, 15) is 9.50 Å². The summed E-state index contributed by atoms with van der Waals surface area (Å²) >= 11 is 0. The van der Waals surface area contributed by atoms with Gasteiger partial charge in [0.05, 0.1) is 5.60 Å². The summed E-state index contributed by atoms with van der Waals surface area (Å²) in [5.74, 6) is 0.403. The molecule has 0 amide bonds. The van der Waals surface area contributed by atoms with E-state index in [0.29, 0.717) is 18.9 Å². The van der Waals surface area contributed by atoms with Gasteiger partial charge in [0.1, 0.15) is 18.2 Å². The largest absolute Gasteiger partial charge is 0.490 e. The van der Waals surface area contributed by atoms with Crippen molar-refractivity contribution in [2.45, 2.75) is 51.2 Å². The molecule has 0 unspecified atom stereocenters. The molecule has 2 N–H and O–H groups in total. The van der Waals surface area contributed by atoms with Crippen LogP contribution in [0.4, 0.5) is 4.39 Å². The minimum absolute atomic E-state index is 0.259. The maximum atomic E-state index is 13.3. The first-order chi connectivity index (χ1) is 9.63. The number of aliphatic hydroxyl groups is 1. The molecule has 1 fully saturated rings. The van der Waals surface area contributed by atoms with Crippen molar-refractivity contribution in [2.75, 3.05) is 13.2 Å². The van der Waals surface area contributed by atoms with Gasteiger partial charge in [-0.2, -0.15) is 0 Å². The summed E-state index contributed by atoms with van der Waals surface area (Å²) in [4.78, 5) is 0. The summed E-state index contributed by atoms with van der Waals surface area (Å²) in [6, 6.07) is 4.55. The van der Waals surface area contributed by atoms with Gasteiger partial charge in [0.25, 0.3) is 0 Å². The normalized spacial score (nSPS) is 17.4. The van der Waals surface area contributed by atoms with E-state index in [1.165, 1.54) is 12.1 Å². The lowest BCUT2D eigenvalue weighted by Crippen LogP contribution is -2.32. The standard InChI is InChI=1S/C16H24FNO2/c1-2-9-18-11-13-10-14(17)5-6-15(13)20-12-16(19)7-3-4-8-16/h5-6,10,18-19H,2-4,7-9,11-12H2,1H3. The predicted molar refractivity (Wildman–Crippen MR) is 77.3 cm³/mol. The van der Waals surface area contributed by atoms with Gasteiger partial charge in [0, 0.05) is 12.1 Å². The third kappa shape index (κ3) is 4.18. The molecule has 0 bridgehead atoms. The number of halogens is 1. The molecule has 0 saturated heterocycles. The summed E-state index contributed by atoms with van der Waals surface area (Å²) in [6.07, 6.45) is 4.71. The molecule has 0 aliphatic heterocycles. The number of rotatable bonds is 7. The van der Waals surface area contributed by atoms with Gasteiger partial charge < -0.3 is 15.2 Å². The van der Waals surface area contributed by atoms with Crippen LogP contribution in [0, 0.1) is 5.82 Å². The van der Waals surface area contributed by atoms with Gasteiger partial charge >= 0.3 is 0 Å². The summed E-state index contributed by atoms with van der Waals surface area (Å²) in [6.45, 7) is 3.85. The van der Waals surface area contributed by atoms with E-state index in [4.69, 9.17) is 4.74 Å². The molecule has 0 radical (unpaired) electrons. The average molecular weight is 281 g/mol. The second-order valence-electron chi connectivity index (χ2n) is 5.65. The van der Waals surface area contributed by atoms with Gasteiger partial charge in [-0.15, -0.1) is 0 Å². The van der Waals surface area contributed by atoms with E-state index in [2.05, 4.69) is 12.2 Å². The van der Waals surface area contributed by atoms with E-state index in [1.54, 1.807) is 6.07 Å². The number of hydrogen-bond donors (Lipinski definition) is 2. The quantitative estimate of drug-likeness (QED) is 0.755. The smallest absolute Gasteiger partial charge is 0.124 e. The topological polar surface area (TPSA) is 41.5 Å². The number of nitrogens with one attached hydrogen (secondary N) is 1. The van der Waals surface area contributed by atoms with Crippen LogP contribution in [0.25, 0.3) is 0 Å². The molecular formula is C16H24FNO2. The number of ether oxygens (including phenoxy) is 1. The lowest BCUT2D eigenvalue weighted by atomic mass is 10.0. The Labute approximate surface area is 120 Å². The third-order valence-electron chi connectivity index (χ3n) is 3.80. The molecule has 1 aromatic carbocycles. The first-order valence-electron chi connectivity index (χ1n) is 7.47. The second kappa shape index (κ2) is 7.04. The van der Waals surface area contributed by atoms with Crippen molar-refractivity contribution in [3.8, 4) is 5.75 Å². The maximum Gasteiger partial charge on any atom is 0.124 e. The molecule has 4 heteroatoms. The lowest BCUT2D eigenvalue weighted by molar-refractivity contribution is 0.00109. The summed E-state index contributed by atoms with van der Waals surface area (Å²) in [5.41, 5.74) is 0.0997. The average Bonchev–Trinajstić information content (AvgIpc) is 2.85. The maximum absolute atomic E-state index is 13.3. The fraction of sp³-hybridized carbons (Fsp3) is 0.625. The molecular weight excluding hydrogens is 257 g/mol. The Morgan fingerprint density at radius 1 is 1.35 bits per heavy atom. The van der Waals surface area contributed by atoms with Crippen molar-refractivity contribution < 1.29 is 14.2 Å². The predicted octanol–water partition coefficient (Wildman–Crippen LogP) is 3.01. The van der Waals surface area contributed by atoms with Crippen LogP contribution in [0.15, 0.2) is 18.2 Å². The highest BCUT2D eigenvalue weighted by Crippen LogP contribution is 2.30. The van der Waals surface area contributed by atoms with Crippen LogP contribution < -0.4 is 10.1 Å². The van der Waals surface area contributed by atoms with E-state index in [0.717, 1.165) is 44.2 Å². The van der Waals surface area contributed by atoms with Crippen LogP contribution in [0.3, 0.4) is 0 Å². The summed E-state index contributed by atoms with van der Waals surface area (Å²) in [7, 11) is 0. The Morgan fingerprint density at radius 2 is 2.10 bits per heavy atom. The minimum atomic E-state index is -0.706. The summed E-state index contributed by atoms with van der Waals surface area (Å²) in [5, 5.41) is 13.5. The monoisotopic (exact) mass is 281 g/mol. The van der Waals surface area contributed by atoms with Crippen molar-refractivity contribution >= 4 is 0 Å². The second-order valence-corrected chi connectivity index (χ2v) is 5.65. The van der Waals surface area contributed by atoms with Crippen LogP contribution >= 0.6 is 0 Å². The highest BCUT2D eigenvalue weighted by atomic mass is 19.1. The summed E-state index contributed by atoms with van der Waals surface area (Å²) < 4.78 is 19.1. The zero-order chi connectivity index (χ0) is 14.4. The molecule has 0 aromatic heterocycles. The van der Waals surface area contributed by atoms with Crippen LogP contribution in [0.1, 0.15) is 44.6 Å². The molecule has 0 heterocycles. The SMILES string of the molecule is CCCNCc1cc(F)ccc1OCC1(O)CCCC1. The molecule has 0 atom stereocenters. The number of hydrogen-bond acceptors (Lipinski definition) is 3. The third-order valence-corrected chi connectivity index (χ3v) is 3.80. The van der Waals surface area contributed by atoms with Crippen LogP contribution in [0.5, 0.6) is 5.75 Å². The van der Waals surface area contributed by atoms with E-state index >= 15 is 0 Å². The Morgan fingerprint density at radius 3 is 2.80 bits per heavy atom.